The molecular weight excluding hydrogens is 448 g/mol. The number of benzene rings is 3. The number of hydrogen-bond acceptors (Lipinski definition) is 4. The normalized spacial score (nSPS) is 11.2. The fourth-order valence-corrected chi connectivity index (χ4v) is 4.58. The first-order chi connectivity index (χ1) is 15.3. The largest absolute Gasteiger partial charge is 0.491 e. The molecule has 1 amide bonds. The van der Waals surface area contributed by atoms with Crippen LogP contribution < -0.4 is 14.4 Å². The maximum atomic E-state index is 13.3. The zero-order valence-electron chi connectivity index (χ0n) is 17.9. The van der Waals surface area contributed by atoms with Crippen LogP contribution in [0.4, 0.5) is 5.69 Å². The molecule has 0 heterocycles. The molecular formula is C24H25ClN2O4S. The molecule has 0 saturated heterocycles. The predicted octanol–water partition coefficient (Wildman–Crippen LogP) is 4.64. The Hall–Kier alpha value is -3.03. The molecule has 0 aromatic heterocycles. The van der Waals surface area contributed by atoms with Crippen molar-refractivity contribution in [1.82, 2.24) is 5.32 Å². The molecule has 6 nitrogen and oxygen atoms in total. The fraction of sp³-hybridized carbons (Fsp3) is 0.208. The van der Waals surface area contributed by atoms with Crippen molar-refractivity contribution in [2.24, 2.45) is 0 Å². The number of carbonyl (C=O) groups excluding carboxylic acids is 1. The van der Waals surface area contributed by atoms with E-state index in [1.54, 1.807) is 30.3 Å². The maximum absolute atomic E-state index is 13.3. The van der Waals surface area contributed by atoms with Crippen LogP contribution in [-0.4, -0.2) is 27.0 Å². The summed E-state index contributed by atoms with van der Waals surface area (Å²) in [4.78, 5) is 12.8. The summed E-state index contributed by atoms with van der Waals surface area (Å²) in [7, 11) is -3.98. The van der Waals surface area contributed by atoms with Crippen LogP contribution in [0.25, 0.3) is 0 Å². The summed E-state index contributed by atoms with van der Waals surface area (Å²) in [5, 5.41) is 3.22. The van der Waals surface area contributed by atoms with Crippen LogP contribution in [0, 0.1) is 0 Å². The van der Waals surface area contributed by atoms with E-state index in [-0.39, 0.29) is 24.1 Å². The van der Waals surface area contributed by atoms with E-state index in [0.717, 1.165) is 9.87 Å². The second kappa shape index (κ2) is 10.5. The molecule has 0 fully saturated rings. The summed E-state index contributed by atoms with van der Waals surface area (Å²) >= 11 is 5.90. The summed E-state index contributed by atoms with van der Waals surface area (Å²) in [6.45, 7) is 3.76. The van der Waals surface area contributed by atoms with Gasteiger partial charge in [-0.15, -0.1) is 0 Å². The first-order valence-electron chi connectivity index (χ1n) is 10.1. The third-order valence-electron chi connectivity index (χ3n) is 4.49. The van der Waals surface area contributed by atoms with E-state index in [1.165, 1.54) is 24.3 Å². The van der Waals surface area contributed by atoms with Gasteiger partial charge in [-0.3, -0.25) is 9.10 Å². The van der Waals surface area contributed by atoms with Crippen molar-refractivity contribution in [3.8, 4) is 5.75 Å². The van der Waals surface area contributed by atoms with Gasteiger partial charge in [0.1, 0.15) is 12.3 Å². The fourth-order valence-electron chi connectivity index (χ4n) is 3.03. The van der Waals surface area contributed by atoms with Crippen molar-refractivity contribution in [3.05, 3.63) is 89.4 Å². The van der Waals surface area contributed by atoms with Crippen molar-refractivity contribution in [2.75, 3.05) is 10.8 Å². The molecule has 0 radical (unpaired) electrons. The van der Waals surface area contributed by atoms with Gasteiger partial charge < -0.3 is 10.1 Å². The van der Waals surface area contributed by atoms with E-state index in [1.807, 2.05) is 38.1 Å². The Morgan fingerprint density at radius 1 is 1.00 bits per heavy atom. The minimum Gasteiger partial charge on any atom is -0.491 e. The van der Waals surface area contributed by atoms with Crippen LogP contribution in [0.3, 0.4) is 0 Å². The number of anilines is 1. The number of halogens is 1. The van der Waals surface area contributed by atoms with Crippen molar-refractivity contribution >= 4 is 33.2 Å². The van der Waals surface area contributed by atoms with Crippen LogP contribution in [-0.2, 0) is 21.4 Å². The van der Waals surface area contributed by atoms with Gasteiger partial charge in [0.2, 0.25) is 5.91 Å². The highest BCUT2D eigenvalue weighted by Crippen LogP contribution is 2.24. The van der Waals surface area contributed by atoms with E-state index in [9.17, 15) is 13.2 Å². The van der Waals surface area contributed by atoms with Gasteiger partial charge in [-0.1, -0.05) is 41.9 Å². The number of nitrogens with zero attached hydrogens (tertiary/aromatic N) is 1. The molecule has 0 saturated carbocycles. The average molecular weight is 473 g/mol. The summed E-state index contributed by atoms with van der Waals surface area (Å²) in [6, 6.07) is 21.8. The molecule has 3 aromatic rings. The number of amides is 1. The Kier molecular flexibility index (Phi) is 7.77. The molecule has 168 valence electrons. The molecule has 32 heavy (non-hydrogen) atoms. The Labute approximate surface area is 193 Å². The number of carbonyl (C=O) groups is 1. The van der Waals surface area contributed by atoms with Crippen molar-refractivity contribution in [1.29, 1.82) is 0 Å². The highest BCUT2D eigenvalue weighted by atomic mass is 35.5. The lowest BCUT2D eigenvalue weighted by atomic mass is 10.2. The number of sulfonamides is 1. The van der Waals surface area contributed by atoms with Crippen LogP contribution >= 0.6 is 11.6 Å². The van der Waals surface area contributed by atoms with E-state index >= 15 is 0 Å². The third kappa shape index (κ3) is 6.24. The molecule has 1 N–H and O–H groups in total. The minimum atomic E-state index is -3.98. The molecule has 0 unspecified atom stereocenters. The number of para-hydroxylation sites is 1. The molecule has 0 aliphatic heterocycles. The highest BCUT2D eigenvalue weighted by molar-refractivity contribution is 7.92. The topological polar surface area (TPSA) is 75.7 Å². The van der Waals surface area contributed by atoms with Gasteiger partial charge in [-0.2, -0.15) is 0 Å². The van der Waals surface area contributed by atoms with Gasteiger partial charge in [0.15, 0.2) is 0 Å². The Morgan fingerprint density at radius 2 is 1.69 bits per heavy atom. The lowest BCUT2D eigenvalue weighted by Crippen LogP contribution is -2.40. The number of nitrogens with one attached hydrogen (secondary N) is 1. The van der Waals surface area contributed by atoms with Gasteiger partial charge >= 0.3 is 0 Å². The van der Waals surface area contributed by atoms with Crippen LogP contribution in [0.1, 0.15) is 19.4 Å². The first-order valence-corrected chi connectivity index (χ1v) is 11.9. The zero-order valence-corrected chi connectivity index (χ0v) is 19.4. The number of rotatable bonds is 9. The van der Waals surface area contributed by atoms with Crippen molar-refractivity contribution in [3.63, 3.8) is 0 Å². The first kappa shape index (κ1) is 23.6. The standard InChI is InChI=1S/C24H25ClN2O4S/c1-18(2)31-22-10-6-7-19(15-22)16-26-24(28)17-27(21-8-4-3-5-9-21)32(29,30)23-13-11-20(25)12-14-23/h3-15,18H,16-17H2,1-2H3,(H,26,28). The van der Waals surface area contributed by atoms with E-state index in [0.29, 0.717) is 16.5 Å². The minimum absolute atomic E-state index is 0.0392. The van der Waals surface area contributed by atoms with Gasteiger partial charge in [0.25, 0.3) is 10.0 Å². The molecule has 0 aliphatic rings. The van der Waals surface area contributed by atoms with E-state index in [2.05, 4.69) is 5.32 Å². The molecule has 0 bridgehead atoms. The Balaban J connectivity index is 1.77. The van der Waals surface area contributed by atoms with Gasteiger partial charge in [0.05, 0.1) is 16.7 Å². The molecule has 8 heteroatoms. The second-order valence-electron chi connectivity index (χ2n) is 7.39. The van der Waals surface area contributed by atoms with E-state index < -0.39 is 15.9 Å². The SMILES string of the molecule is CC(C)Oc1cccc(CNC(=O)CN(c2ccccc2)S(=O)(=O)c2ccc(Cl)cc2)c1. The summed E-state index contributed by atoms with van der Waals surface area (Å²) in [5.41, 5.74) is 1.24. The van der Waals surface area contributed by atoms with Crippen molar-refractivity contribution in [2.45, 2.75) is 31.4 Å². The van der Waals surface area contributed by atoms with Crippen molar-refractivity contribution < 1.29 is 17.9 Å². The van der Waals surface area contributed by atoms with Gasteiger partial charge in [-0.25, -0.2) is 8.42 Å². The van der Waals surface area contributed by atoms with Gasteiger partial charge in [0, 0.05) is 11.6 Å². The quantitative estimate of drug-likeness (QED) is 0.492. The smallest absolute Gasteiger partial charge is 0.264 e. The maximum Gasteiger partial charge on any atom is 0.264 e. The molecule has 0 spiro atoms. The lowest BCUT2D eigenvalue weighted by molar-refractivity contribution is -0.119. The van der Waals surface area contributed by atoms with Crippen LogP contribution in [0.15, 0.2) is 83.8 Å². The molecule has 0 atom stereocenters. The highest BCUT2D eigenvalue weighted by Gasteiger charge is 2.27. The van der Waals surface area contributed by atoms with E-state index in [4.69, 9.17) is 16.3 Å². The summed E-state index contributed by atoms with van der Waals surface area (Å²) < 4.78 is 33.3. The van der Waals surface area contributed by atoms with Gasteiger partial charge in [-0.05, 0) is 67.9 Å². The summed E-state index contributed by atoms with van der Waals surface area (Å²) in [6.07, 6.45) is 0.0392. The van der Waals surface area contributed by atoms with Crippen LogP contribution in [0.5, 0.6) is 5.75 Å². The number of hydrogen-bond donors (Lipinski definition) is 1. The molecule has 3 rings (SSSR count). The summed E-state index contributed by atoms with van der Waals surface area (Å²) in [5.74, 6) is 0.282. The lowest BCUT2D eigenvalue weighted by Gasteiger charge is -2.24. The Morgan fingerprint density at radius 3 is 2.34 bits per heavy atom. The zero-order chi connectivity index (χ0) is 23.1. The Bertz CT molecular complexity index is 1150. The predicted molar refractivity (Wildman–Crippen MR) is 126 cm³/mol. The molecule has 0 aliphatic carbocycles. The van der Waals surface area contributed by atoms with Crippen LogP contribution in [0.2, 0.25) is 5.02 Å². The third-order valence-corrected chi connectivity index (χ3v) is 6.53. The second-order valence-corrected chi connectivity index (χ2v) is 9.69. The average Bonchev–Trinajstić information content (AvgIpc) is 2.76. The number of ether oxygens (including phenoxy) is 1. The monoisotopic (exact) mass is 472 g/mol. The molecule has 3 aromatic carbocycles.